The van der Waals surface area contributed by atoms with Gasteiger partial charge in [0.1, 0.15) is 11.5 Å². The smallest absolute Gasteiger partial charge is 0.231 e. The second-order valence-electron chi connectivity index (χ2n) is 7.62. The van der Waals surface area contributed by atoms with Crippen LogP contribution in [-0.2, 0) is 9.59 Å². The standard InChI is InChI=1S/C24H26N4O4S2/c1-4-33-24-27-26-23(34-24)25-22(30)19-13-14-20(29)28(16-7-11-18(32-3)12-8-16)21(19)15-5-9-17(31-2)10-6-15/h5-12,19,21H,4,13-14H2,1-3H3,(H,25,26,30)/t19-,21-/m1/s1. The van der Waals surface area contributed by atoms with Gasteiger partial charge in [-0.15, -0.1) is 10.2 Å². The van der Waals surface area contributed by atoms with Gasteiger partial charge in [0.25, 0.3) is 0 Å². The van der Waals surface area contributed by atoms with Crippen LogP contribution < -0.4 is 19.7 Å². The normalized spacial score (nSPS) is 18.0. The number of ether oxygens (including phenoxy) is 2. The maximum absolute atomic E-state index is 13.5. The SMILES string of the molecule is CCSc1nnc(NC(=O)[C@@H]2CCC(=O)N(c3ccc(OC)cc3)[C@@H]2c2ccc(OC)cc2)s1. The fourth-order valence-electron chi connectivity index (χ4n) is 4.04. The fraction of sp³-hybridized carbons (Fsp3) is 0.333. The summed E-state index contributed by atoms with van der Waals surface area (Å²) in [7, 11) is 3.20. The van der Waals surface area contributed by atoms with E-state index in [9.17, 15) is 9.59 Å². The lowest BCUT2D eigenvalue weighted by Gasteiger charge is -2.40. The minimum absolute atomic E-state index is 0.0346. The number of benzene rings is 2. The number of nitrogens with one attached hydrogen (secondary N) is 1. The summed E-state index contributed by atoms with van der Waals surface area (Å²) in [5, 5.41) is 11.6. The molecule has 4 rings (SSSR count). The molecule has 1 aliphatic rings. The van der Waals surface area contributed by atoms with Crippen molar-refractivity contribution in [2.75, 3.05) is 30.2 Å². The first-order valence-corrected chi connectivity index (χ1v) is 12.7. The highest BCUT2D eigenvalue weighted by molar-refractivity contribution is 8.01. The van der Waals surface area contributed by atoms with Crippen LogP contribution >= 0.6 is 23.1 Å². The highest BCUT2D eigenvalue weighted by Gasteiger charge is 2.41. The summed E-state index contributed by atoms with van der Waals surface area (Å²) in [6.45, 7) is 2.04. The number of hydrogen-bond acceptors (Lipinski definition) is 8. The summed E-state index contributed by atoms with van der Waals surface area (Å²) in [6, 6.07) is 14.3. The van der Waals surface area contributed by atoms with Gasteiger partial charge in [0.05, 0.1) is 26.2 Å². The highest BCUT2D eigenvalue weighted by Crippen LogP contribution is 2.41. The number of methoxy groups -OCH3 is 2. The van der Waals surface area contributed by atoms with Crippen molar-refractivity contribution in [3.8, 4) is 11.5 Å². The van der Waals surface area contributed by atoms with Crippen molar-refractivity contribution in [3.63, 3.8) is 0 Å². The fourth-order valence-corrected chi connectivity index (χ4v) is 5.69. The Kier molecular flexibility index (Phi) is 7.69. The molecule has 2 aromatic carbocycles. The van der Waals surface area contributed by atoms with Gasteiger partial charge in [0, 0.05) is 12.1 Å². The van der Waals surface area contributed by atoms with Gasteiger partial charge in [0.15, 0.2) is 4.34 Å². The number of anilines is 2. The average molecular weight is 499 g/mol. The van der Waals surface area contributed by atoms with Gasteiger partial charge in [0.2, 0.25) is 16.9 Å². The molecular formula is C24H26N4O4S2. The molecule has 3 aromatic rings. The van der Waals surface area contributed by atoms with E-state index in [1.807, 2.05) is 55.5 Å². The van der Waals surface area contributed by atoms with Gasteiger partial charge >= 0.3 is 0 Å². The van der Waals surface area contributed by atoms with Crippen molar-refractivity contribution < 1.29 is 19.1 Å². The Balaban J connectivity index is 1.69. The van der Waals surface area contributed by atoms with Crippen LogP contribution in [0.1, 0.15) is 31.4 Å². The van der Waals surface area contributed by atoms with Crippen LogP contribution in [0.5, 0.6) is 11.5 Å². The molecule has 1 aliphatic heterocycles. The molecule has 1 aromatic heterocycles. The van der Waals surface area contributed by atoms with Crippen LogP contribution in [0.3, 0.4) is 0 Å². The van der Waals surface area contributed by atoms with Crippen LogP contribution in [0.25, 0.3) is 0 Å². The molecule has 0 radical (unpaired) electrons. The van der Waals surface area contributed by atoms with Gasteiger partial charge in [-0.1, -0.05) is 42.2 Å². The van der Waals surface area contributed by atoms with Crippen molar-refractivity contribution >= 4 is 45.7 Å². The molecule has 10 heteroatoms. The lowest BCUT2D eigenvalue weighted by atomic mass is 9.83. The Morgan fingerprint density at radius 3 is 2.35 bits per heavy atom. The van der Waals surface area contributed by atoms with Crippen molar-refractivity contribution in [1.29, 1.82) is 0 Å². The largest absolute Gasteiger partial charge is 0.497 e. The first-order chi connectivity index (χ1) is 16.5. The molecule has 0 saturated carbocycles. The molecule has 2 heterocycles. The average Bonchev–Trinajstić information content (AvgIpc) is 3.31. The summed E-state index contributed by atoms with van der Waals surface area (Å²) >= 11 is 2.93. The van der Waals surface area contributed by atoms with E-state index < -0.39 is 12.0 Å². The maximum atomic E-state index is 13.5. The summed E-state index contributed by atoms with van der Waals surface area (Å²) in [5.41, 5.74) is 1.56. The van der Waals surface area contributed by atoms with E-state index in [0.29, 0.717) is 28.7 Å². The molecule has 0 bridgehead atoms. The number of carbonyl (C=O) groups excluding carboxylic acids is 2. The number of thioether (sulfide) groups is 1. The Morgan fingerprint density at radius 1 is 1.09 bits per heavy atom. The van der Waals surface area contributed by atoms with Crippen molar-refractivity contribution in [2.24, 2.45) is 5.92 Å². The lowest BCUT2D eigenvalue weighted by Crippen LogP contribution is -2.46. The van der Waals surface area contributed by atoms with Crippen LogP contribution in [-0.4, -0.2) is 42.0 Å². The minimum Gasteiger partial charge on any atom is -0.497 e. The Hall–Kier alpha value is -3.11. The maximum Gasteiger partial charge on any atom is 0.231 e. The van der Waals surface area contributed by atoms with Gasteiger partial charge in [-0.25, -0.2) is 0 Å². The zero-order chi connectivity index (χ0) is 24.1. The van der Waals surface area contributed by atoms with E-state index in [1.54, 1.807) is 30.9 Å². The van der Waals surface area contributed by atoms with Gasteiger partial charge in [-0.2, -0.15) is 0 Å². The highest BCUT2D eigenvalue weighted by atomic mass is 32.2. The molecule has 2 atom stereocenters. The molecule has 1 fully saturated rings. The third-order valence-corrected chi connectivity index (χ3v) is 7.50. The number of nitrogens with zero attached hydrogens (tertiary/aromatic N) is 3. The third kappa shape index (κ3) is 5.18. The third-order valence-electron chi connectivity index (χ3n) is 5.65. The van der Waals surface area contributed by atoms with E-state index in [4.69, 9.17) is 9.47 Å². The van der Waals surface area contributed by atoms with Crippen LogP contribution in [0.15, 0.2) is 52.9 Å². The zero-order valence-electron chi connectivity index (χ0n) is 19.2. The second-order valence-corrected chi connectivity index (χ2v) is 10.1. The van der Waals surface area contributed by atoms with E-state index in [0.717, 1.165) is 15.7 Å². The quantitative estimate of drug-likeness (QED) is 0.352. The predicted octanol–water partition coefficient (Wildman–Crippen LogP) is 4.79. The first-order valence-electron chi connectivity index (χ1n) is 10.9. The molecule has 8 nitrogen and oxygen atoms in total. The van der Waals surface area contributed by atoms with Crippen LogP contribution in [0.4, 0.5) is 10.8 Å². The van der Waals surface area contributed by atoms with E-state index in [1.165, 1.54) is 11.3 Å². The van der Waals surface area contributed by atoms with Crippen LogP contribution in [0.2, 0.25) is 0 Å². The summed E-state index contributed by atoms with van der Waals surface area (Å²) in [6.07, 6.45) is 0.702. The van der Waals surface area contributed by atoms with E-state index in [-0.39, 0.29) is 18.2 Å². The number of carbonyl (C=O) groups is 2. The number of piperidine rings is 1. The Labute approximate surface area is 206 Å². The molecule has 0 spiro atoms. The van der Waals surface area contributed by atoms with Crippen LogP contribution in [0, 0.1) is 5.92 Å². The molecule has 178 valence electrons. The van der Waals surface area contributed by atoms with E-state index in [2.05, 4.69) is 15.5 Å². The monoisotopic (exact) mass is 498 g/mol. The second kappa shape index (κ2) is 10.9. The molecule has 2 amide bonds. The minimum atomic E-state index is -0.488. The summed E-state index contributed by atoms with van der Waals surface area (Å²) in [5.74, 6) is 1.59. The number of amides is 2. The van der Waals surface area contributed by atoms with Gasteiger partial charge in [-0.3, -0.25) is 9.59 Å². The molecule has 34 heavy (non-hydrogen) atoms. The van der Waals surface area contributed by atoms with Crippen molar-refractivity contribution in [1.82, 2.24) is 10.2 Å². The Bertz CT molecular complexity index is 1130. The molecular weight excluding hydrogens is 472 g/mol. The molecule has 0 unspecified atom stereocenters. The summed E-state index contributed by atoms with van der Waals surface area (Å²) < 4.78 is 11.4. The number of rotatable bonds is 8. The number of aromatic nitrogens is 2. The lowest BCUT2D eigenvalue weighted by molar-refractivity contribution is -0.125. The zero-order valence-corrected chi connectivity index (χ0v) is 20.8. The molecule has 1 N–H and O–H groups in total. The molecule has 1 saturated heterocycles. The Morgan fingerprint density at radius 2 is 1.74 bits per heavy atom. The van der Waals surface area contributed by atoms with Gasteiger partial charge < -0.3 is 19.7 Å². The predicted molar refractivity (Wildman–Crippen MR) is 134 cm³/mol. The summed E-state index contributed by atoms with van der Waals surface area (Å²) in [4.78, 5) is 28.4. The van der Waals surface area contributed by atoms with Gasteiger partial charge in [-0.05, 0) is 54.1 Å². The first kappa shape index (κ1) is 24.0. The van der Waals surface area contributed by atoms with Crippen molar-refractivity contribution in [2.45, 2.75) is 30.1 Å². The van der Waals surface area contributed by atoms with Crippen molar-refractivity contribution in [3.05, 3.63) is 54.1 Å². The molecule has 0 aliphatic carbocycles. The van der Waals surface area contributed by atoms with E-state index >= 15 is 0 Å². The topological polar surface area (TPSA) is 93.7 Å². The number of hydrogen-bond donors (Lipinski definition) is 1.